The molecule has 0 unspecified atom stereocenters. The van der Waals surface area contributed by atoms with Gasteiger partial charge in [-0.25, -0.2) is 0 Å². The molecule has 3 aromatic rings. The third-order valence-corrected chi connectivity index (χ3v) is 6.19. The maximum atomic E-state index is 5.82. The minimum absolute atomic E-state index is 0.0744. The second-order valence-corrected chi connectivity index (χ2v) is 7.81. The summed E-state index contributed by atoms with van der Waals surface area (Å²) >= 11 is 5.82. The predicted octanol–water partition coefficient (Wildman–Crippen LogP) is 4.23. The monoisotopic (exact) mass is 422 g/mol. The fourth-order valence-electron chi connectivity index (χ4n) is 4.10. The Morgan fingerprint density at radius 3 is 2.47 bits per heavy atom. The molecule has 0 saturated carbocycles. The highest BCUT2D eigenvalue weighted by molar-refractivity contribution is 7.80. The van der Waals surface area contributed by atoms with Gasteiger partial charge in [0.05, 0.1) is 37.7 Å². The topological polar surface area (TPSA) is 51.5 Å². The first-order valence-electron chi connectivity index (χ1n) is 9.81. The van der Waals surface area contributed by atoms with Crippen molar-refractivity contribution in [3.05, 3.63) is 71.3 Å². The molecule has 2 aromatic heterocycles. The zero-order valence-electron chi connectivity index (χ0n) is 17.8. The van der Waals surface area contributed by atoms with Gasteiger partial charge in [-0.05, 0) is 62.0 Å². The Labute approximate surface area is 182 Å². The van der Waals surface area contributed by atoms with Crippen LogP contribution in [0.5, 0.6) is 11.5 Å². The standard InChI is InChI=1S/C23H26N4O2S/c1-14-12-17(15(2)26(14)3)22-21(18-8-6-7-11-24-18)25-23(30)27(22)19-10-9-16(28-4)13-20(19)29-5/h6-13,21-22H,1-5H3,(H,25,30)/t21-,22-/m0/s1. The average molecular weight is 423 g/mol. The van der Waals surface area contributed by atoms with Crippen molar-refractivity contribution in [3.63, 3.8) is 0 Å². The molecular weight excluding hydrogens is 396 g/mol. The Morgan fingerprint density at radius 1 is 1.07 bits per heavy atom. The molecular formula is C23H26N4O2S. The minimum atomic E-state index is -0.0917. The number of rotatable bonds is 5. The van der Waals surface area contributed by atoms with Gasteiger partial charge in [-0.15, -0.1) is 0 Å². The Kier molecular flexibility index (Phi) is 5.39. The van der Waals surface area contributed by atoms with E-state index in [1.54, 1.807) is 14.2 Å². The van der Waals surface area contributed by atoms with Crippen LogP contribution in [-0.4, -0.2) is 28.9 Å². The third-order valence-electron chi connectivity index (χ3n) is 5.88. The van der Waals surface area contributed by atoms with Gasteiger partial charge < -0.3 is 24.3 Å². The number of hydrogen-bond acceptors (Lipinski definition) is 4. The van der Waals surface area contributed by atoms with Crippen LogP contribution in [0.1, 0.15) is 34.7 Å². The van der Waals surface area contributed by atoms with E-state index in [0.717, 1.165) is 17.1 Å². The Balaban J connectivity index is 1.90. The first kappa shape index (κ1) is 20.2. The largest absolute Gasteiger partial charge is 0.497 e. The lowest BCUT2D eigenvalue weighted by atomic mass is 9.96. The van der Waals surface area contributed by atoms with Gasteiger partial charge in [-0.1, -0.05) is 6.07 Å². The zero-order chi connectivity index (χ0) is 21.4. The second kappa shape index (κ2) is 7.99. The van der Waals surface area contributed by atoms with Crippen LogP contribution in [0.3, 0.4) is 0 Å². The van der Waals surface area contributed by atoms with Crippen LogP contribution < -0.4 is 19.7 Å². The highest BCUT2D eigenvalue weighted by atomic mass is 32.1. The molecule has 4 rings (SSSR count). The summed E-state index contributed by atoms with van der Waals surface area (Å²) < 4.78 is 13.3. The number of ether oxygens (including phenoxy) is 2. The second-order valence-electron chi connectivity index (χ2n) is 7.42. The van der Waals surface area contributed by atoms with E-state index in [1.807, 2.05) is 42.6 Å². The van der Waals surface area contributed by atoms with E-state index in [9.17, 15) is 0 Å². The van der Waals surface area contributed by atoms with Crippen molar-refractivity contribution < 1.29 is 9.47 Å². The SMILES string of the molecule is COc1ccc(N2C(=S)N[C@@H](c3ccccn3)[C@@H]2c2cc(C)n(C)c2C)c(OC)c1. The molecule has 0 aliphatic carbocycles. The first-order chi connectivity index (χ1) is 14.5. The lowest BCUT2D eigenvalue weighted by Crippen LogP contribution is -2.30. The summed E-state index contributed by atoms with van der Waals surface area (Å²) in [6, 6.07) is 13.8. The Bertz CT molecular complexity index is 1080. The van der Waals surface area contributed by atoms with Crippen LogP contribution in [0.25, 0.3) is 0 Å². The van der Waals surface area contributed by atoms with Crippen molar-refractivity contribution in [2.75, 3.05) is 19.1 Å². The first-order valence-corrected chi connectivity index (χ1v) is 10.2. The highest BCUT2D eigenvalue weighted by Crippen LogP contribution is 2.46. The normalized spacial score (nSPS) is 18.4. The number of nitrogens with zero attached hydrogens (tertiary/aromatic N) is 3. The molecule has 0 radical (unpaired) electrons. The summed E-state index contributed by atoms with van der Waals surface area (Å²) in [4.78, 5) is 6.75. The molecule has 0 amide bonds. The molecule has 3 heterocycles. The Hall–Kier alpha value is -3.06. The van der Waals surface area contributed by atoms with Crippen molar-refractivity contribution in [1.82, 2.24) is 14.9 Å². The maximum absolute atomic E-state index is 5.82. The van der Waals surface area contributed by atoms with E-state index >= 15 is 0 Å². The Morgan fingerprint density at radius 2 is 1.87 bits per heavy atom. The summed E-state index contributed by atoms with van der Waals surface area (Å²) in [7, 11) is 5.39. The van der Waals surface area contributed by atoms with Gasteiger partial charge in [-0.3, -0.25) is 4.98 Å². The molecule has 0 spiro atoms. The van der Waals surface area contributed by atoms with Crippen LogP contribution >= 0.6 is 12.2 Å². The fourth-order valence-corrected chi connectivity index (χ4v) is 4.44. The minimum Gasteiger partial charge on any atom is -0.497 e. The number of methoxy groups -OCH3 is 2. The molecule has 30 heavy (non-hydrogen) atoms. The highest BCUT2D eigenvalue weighted by Gasteiger charge is 2.43. The van der Waals surface area contributed by atoms with Crippen LogP contribution in [0.2, 0.25) is 0 Å². The lowest BCUT2D eigenvalue weighted by Gasteiger charge is -2.29. The van der Waals surface area contributed by atoms with Crippen molar-refractivity contribution in [1.29, 1.82) is 0 Å². The average Bonchev–Trinajstić information content (AvgIpc) is 3.24. The molecule has 2 atom stereocenters. The van der Waals surface area contributed by atoms with Crippen LogP contribution in [0, 0.1) is 13.8 Å². The molecule has 1 aliphatic rings. The van der Waals surface area contributed by atoms with Crippen LogP contribution in [0.4, 0.5) is 5.69 Å². The van der Waals surface area contributed by atoms with Crippen LogP contribution in [-0.2, 0) is 7.05 Å². The predicted molar refractivity (Wildman–Crippen MR) is 122 cm³/mol. The molecule has 1 aliphatic heterocycles. The van der Waals surface area contributed by atoms with Gasteiger partial charge in [0.2, 0.25) is 0 Å². The van der Waals surface area contributed by atoms with E-state index in [4.69, 9.17) is 21.7 Å². The van der Waals surface area contributed by atoms with E-state index in [0.29, 0.717) is 10.9 Å². The van der Waals surface area contributed by atoms with Crippen LogP contribution in [0.15, 0.2) is 48.7 Å². The molecule has 6 nitrogen and oxygen atoms in total. The van der Waals surface area contributed by atoms with Crippen molar-refractivity contribution in [3.8, 4) is 11.5 Å². The number of thiocarbonyl (C=S) groups is 1. The number of pyridine rings is 1. The van der Waals surface area contributed by atoms with Gasteiger partial charge in [0, 0.05) is 30.7 Å². The number of aryl methyl sites for hydroxylation is 1. The molecule has 7 heteroatoms. The zero-order valence-corrected chi connectivity index (χ0v) is 18.7. The van der Waals surface area contributed by atoms with Gasteiger partial charge in [0.25, 0.3) is 0 Å². The van der Waals surface area contributed by atoms with E-state index < -0.39 is 0 Å². The summed E-state index contributed by atoms with van der Waals surface area (Å²) in [6.07, 6.45) is 1.82. The van der Waals surface area contributed by atoms with Crippen molar-refractivity contribution in [2.24, 2.45) is 7.05 Å². The smallest absolute Gasteiger partial charge is 0.174 e. The van der Waals surface area contributed by atoms with Gasteiger partial charge in [-0.2, -0.15) is 0 Å². The molecule has 0 bridgehead atoms. The number of anilines is 1. The molecule has 1 N–H and O–H groups in total. The number of nitrogens with one attached hydrogen (secondary N) is 1. The van der Waals surface area contributed by atoms with Gasteiger partial charge in [0.1, 0.15) is 11.5 Å². The van der Waals surface area contributed by atoms with E-state index in [-0.39, 0.29) is 12.1 Å². The maximum Gasteiger partial charge on any atom is 0.174 e. The number of aromatic nitrogens is 2. The fraction of sp³-hybridized carbons (Fsp3) is 0.304. The summed E-state index contributed by atoms with van der Waals surface area (Å²) in [5.74, 6) is 1.44. The molecule has 1 saturated heterocycles. The van der Waals surface area contributed by atoms with E-state index in [2.05, 4.69) is 46.7 Å². The summed E-state index contributed by atoms with van der Waals surface area (Å²) in [6.45, 7) is 4.26. The molecule has 156 valence electrons. The van der Waals surface area contributed by atoms with Crippen molar-refractivity contribution >= 4 is 23.0 Å². The third kappa shape index (κ3) is 3.29. The molecule has 1 aromatic carbocycles. The van der Waals surface area contributed by atoms with Crippen molar-refractivity contribution in [2.45, 2.75) is 25.9 Å². The van der Waals surface area contributed by atoms with E-state index in [1.165, 1.54) is 17.0 Å². The number of hydrogen-bond donors (Lipinski definition) is 1. The lowest BCUT2D eigenvalue weighted by molar-refractivity contribution is 0.394. The quantitative estimate of drug-likeness (QED) is 0.621. The summed E-state index contributed by atoms with van der Waals surface area (Å²) in [5, 5.41) is 4.14. The molecule has 1 fully saturated rings. The summed E-state index contributed by atoms with van der Waals surface area (Å²) in [5.41, 5.74) is 5.43. The van der Waals surface area contributed by atoms with Gasteiger partial charge in [0.15, 0.2) is 5.11 Å². The van der Waals surface area contributed by atoms with Gasteiger partial charge >= 0.3 is 0 Å². The number of benzene rings is 1.